The third-order valence-corrected chi connectivity index (χ3v) is 3.38. The number of amides is 2. The molecule has 2 N–H and O–H groups in total. The Balaban J connectivity index is 1.61. The smallest absolute Gasteiger partial charge is 0.407 e. The normalized spacial score (nSPS) is 9.72. The Bertz CT molecular complexity index is 751. The van der Waals surface area contributed by atoms with Crippen molar-refractivity contribution in [3.05, 3.63) is 65.7 Å². The van der Waals surface area contributed by atoms with Gasteiger partial charge >= 0.3 is 6.09 Å². The number of hydrogen-bond acceptors (Lipinski definition) is 3. The number of anilines is 1. The molecule has 2 aromatic rings. The average Bonchev–Trinajstić information content (AvgIpc) is 2.64. The average molecular weight is 336 g/mol. The largest absolute Gasteiger partial charge is 0.445 e. The van der Waals surface area contributed by atoms with Gasteiger partial charge in [0.15, 0.2) is 0 Å². The van der Waals surface area contributed by atoms with Crippen LogP contribution in [-0.2, 0) is 16.1 Å². The predicted octanol–water partition coefficient (Wildman–Crippen LogP) is 3.31. The Morgan fingerprint density at radius 3 is 2.64 bits per heavy atom. The summed E-state index contributed by atoms with van der Waals surface area (Å²) in [5.41, 5.74) is 2.29. The van der Waals surface area contributed by atoms with E-state index < -0.39 is 6.09 Å². The molecule has 0 aliphatic rings. The number of nitrogens with one attached hydrogen (secondary N) is 2. The first-order valence-corrected chi connectivity index (χ1v) is 7.98. The fourth-order valence-electron chi connectivity index (χ4n) is 2.12. The van der Waals surface area contributed by atoms with Gasteiger partial charge in [-0.2, -0.15) is 0 Å². The highest BCUT2D eigenvalue weighted by Crippen LogP contribution is 2.10. The van der Waals surface area contributed by atoms with Crippen LogP contribution in [0.3, 0.4) is 0 Å². The molecule has 0 fully saturated rings. The quantitative estimate of drug-likeness (QED) is 0.602. The van der Waals surface area contributed by atoms with Gasteiger partial charge in [-0.3, -0.25) is 4.79 Å². The summed E-state index contributed by atoms with van der Waals surface area (Å²) in [6.07, 6.45) is 5.63. The molecule has 0 saturated heterocycles. The summed E-state index contributed by atoms with van der Waals surface area (Å²) in [5.74, 6) is 2.39. The number of benzene rings is 2. The lowest BCUT2D eigenvalue weighted by Crippen LogP contribution is -2.26. The Morgan fingerprint density at radius 1 is 1.08 bits per heavy atom. The molecule has 2 rings (SSSR count). The Hall–Kier alpha value is -3.26. The molecule has 0 heterocycles. The molecule has 0 aliphatic carbocycles. The van der Waals surface area contributed by atoms with Crippen molar-refractivity contribution in [2.24, 2.45) is 0 Å². The molecule has 2 amide bonds. The van der Waals surface area contributed by atoms with Gasteiger partial charge in [-0.15, -0.1) is 6.42 Å². The second-order valence-corrected chi connectivity index (χ2v) is 5.37. The first-order valence-electron chi connectivity index (χ1n) is 7.98. The first kappa shape index (κ1) is 18.1. The predicted molar refractivity (Wildman–Crippen MR) is 96.9 cm³/mol. The van der Waals surface area contributed by atoms with Crippen molar-refractivity contribution in [2.75, 3.05) is 11.9 Å². The van der Waals surface area contributed by atoms with Crippen LogP contribution in [0.4, 0.5) is 10.5 Å². The topological polar surface area (TPSA) is 67.4 Å². The number of alkyl carbamates (subject to hydrolysis) is 1. The summed E-state index contributed by atoms with van der Waals surface area (Å²) in [6.45, 7) is 0.587. The van der Waals surface area contributed by atoms with Crippen LogP contribution >= 0.6 is 0 Å². The number of carbonyl (C=O) groups is 2. The number of carbonyl (C=O) groups excluding carboxylic acids is 2. The van der Waals surface area contributed by atoms with Crippen molar-refractivity contribution >= 4 is 17.7 Å². The van der Waals surface area contributed by atoms with Gasteiger partial charge in [0.05, 0.1) is 0 Å². The Morgan fingerprint density at radius 2 is 1.88 bits per heavy atom. The third kappa shape index (κ3) is 6.80. The molecular formula is C20H20N2O3. The zero-order valence-electron chi connectivity index (χ0n) is 13.8. The lowest BCUT2D eigenvalue weighted by molar-refractivity contribution is -0.116. The van der Waals surface area contributed by atoms with Gasteiger partial charge in [0, 0.05) is 24.2 Å². The molecule has 0 atom stereocenters. The lowest BCUT2D eigenvalue weighted by atomic mass is 10.2. The van der Waals surface area contributed by atoms with Crippen LogP contribution in [0.1, 0.15) is 24.0 Å². The summed E-state index contributed by atoms with van der Waals surface area (Å²) < 4.78 is 5.09. The highest BCUT2D eigenvalue weighted by atomic mass is 16.5. The molecule has 25 heavy (non-hydrogen) atoms. The van der Waals surface area contributed by atoms with Gasteiger partial charge in [-0.05, 0) is 30.2 Å². The van der Waals surface area contributed by atoms with Crippen LogP contribution in [0.5, 0.6) is 0 Å². The van der Waals surface area contributed by atoms with Crippen LogP contribution in [0, 0.1) is 12.3 Å². The fourth-order valence-corrected chi connectivity index (χ4v) is 2.12. The van der Waals surface area contributed by atoms with E-state index in [0.29, 0.717) is 30.6 Å². The van der Waals surface area contributed by atoms with E-state index in [4.69, 9.17) is 11.2 Å². The molecule has 2 aromatic carbocycles. The van der Waals surface area contributed by atoms with Crippen LogP contribution in [0.25, 0.3) is 0 Å². The monoisotopic (exact) mass is 336 g/mol. The molecule has 0 bridgehead atoms. The van der Waals surface area contributed by atoms with Crippen molar-refractivity contribution in [3.8, 4) is 12.3 Å². The molecule has 0 unspecified atom stereocenters. The second kappa shape index (κ2) is 9.78. The number of terminal acetylenes is 1. The minimum Gasteiger partial charge on any atom is -0.445 e. The fraction of sp³-hybridized carbons (Fsp3) is 0.200. The highest BCUT2D eigenvalue weighted by Gasteiger charge is 2.05. The van der Waals surface area contributed by atoms with Gasteiger partial charge in [0.2, 0.25) is 5.91 Å². The minimum absolute atomic E-state index is 0.131. The standard InChI is InChI=1S/C20H20N2O3/c1-2-16-10-6-11-18(14-16)22-19(23)12-7-13-21-20(24)25-15-17-8-4-3-5-9-17/h1,3-6,8-11,14H,7,12-13,15H2,(H,21,24)(H,22,23). The zero-order valence-corrected chi connectivity index (χ0v) is 13.8. The first-order chi connectivity index (χ1) is 12.2. The maximum absolute atomic E-state index is 11.9. The number of rotatable bonds is 7. The Labute approximate surface area is 147 Å². The van der Waals surface area contributed by atoms with Crippen LogP contribution < -0.4 is 10.6 Å². The zero-order chi connectivity index (χ0) is 17.9. The molecule has 0 aliphatic heterocycles. The van der Waals surface area contributed by atoms with Crippen molar-refractivity contribution in [3.63, 3.8) is 0 Å². The van der Waals surface area contributed by atoms with Gasteiger partial charge in [-0.1, -0.05) is 42.3 Å². The van der Waals surface area contributed by atoms with E-state index in [2.05, 4.69) is 16.6 Å². The number of ether oxygens (including phenoxy) is 1. The molecule has 0 saturated carbocycles. The van der Waals surface area contributed by atoms with Gasteiger partial charge in [-0.25, -0.2) is 4.79 Å². The molecular weight excluding hydrogens is 316 g/mol. The van der Waals surface area contributed by atoms with Crippen molar-refractivity contribution < 1.29 is 14.3 Å². The van der Waals surface area contributed by atoms with Crippen molar-refractivity contribution in [2.45, 2.75) is 19.4 Å². The van der Waals surface area contributed by atoms with Crippen molar-refractivity contribution in [1.29, 1.82) is 0 Å². The maximum Gasteiger partial charge on any atom is 0.407 e. The summed E-state index contributed by atoms with van der Waals surface area (Å²) in [7, 11) is 0. The Kier molecular flexibility index (Phi) is 7.08. The van der Waals surface area contributed by atoms with E-state index in [1.807, 2.05) is 30.3 Å². The third-order valence-electron chi connectivity index (χ3n) is 3.38. The van der Waals surface area contributed by atoms with Crippen LogP contribution in [0.15, 0.2) is 54.6 Å². The van der Waals surface area contributed by atoms with E-state index in [1.54, 1.807) is 24.3 Å². The minimum atomic E-state index is -0.494. The number of hydrogen-bond donors (Lipinski definition) is 2. The molecule has 5 nitrogen and oxygen atoms in total. The lowest BCUT2D eigenvalue weighted by Gasteiger charge is -2.08. The van der Waals surface area contributed by atoms with E-state index in [1.165, 1.54) is 0 Å². The summed E-state index contributed by atoms with van der Waals surface area (Å²) in [5, 5.41) is 5.40. The van der Waals surface area contributed by atoms with Gasteiger partial charge in [0.25, 0.3) is 0 Å². The summed E-state index contributed by atoms with van der Waals surface area (Å²) in [4.78, 5) is 23.4. The second-order valence-electron chi connectivity index (χ2n) is 5.37. The molecule has 5 heteroatoms. The van der Waals surface area contributed by atoms with E-state index in [0.717, 1.165) is 5.56 Å². The van der Waals surface area contributed by atoms with Crippen molar-refractivity contribution in [1.82, 2.24) is 5.32 Å². The van der Waals surface area contributed by atoms with E-state index in [9.17, 15) is 9.59 Å². The molecule has 128 valence electrons. The van der Waals surface area contributed by atoms with Crippen LogP contribution in [-0.4, -0.2) is 18.5 Å². The molecule has 0 spiro atoms. The summed E-state index contributed by atoms with van der Waals surface area (Å²) in [6, 6.07) is 16.5. The van der Waals surface area contributed by atoms with E-state index in [-0.39, 0.29) is 12.5 Å². The molecule has 0 radical (unpaired) electrons. The maximum atomic E-state index is 11.9. The summed E-state index contributed by atoms with van der Waals surface area (Å²) >= 11 is 0. The van der Waals surface area contributed by atoms with Gasteiger partial charge < -0.3 is 15.4 Å². The molecule has 0 aromatic heterocycles. The van der Waals surface area contributed by atoms with Crippen LogP contribution in [0.2, 0.25) is 0 Å². The van der Waals surface area contributed by atoms with E-state index >= 15 is 0 Å². The highest BCUT2D eigenvalue weighted by molar-refractivity contribution is 5.90. The van der Waals surface area contributed by atoms with Gasteiger partial charge in [0.1, 0.15) is 6.61 Å². The SMILES string of the molecule is C#Cc1cccc(NC(=O)CCCNC(=O)OCc2ccccc2)c1.